The number of thiazole rings is 1. The van der Waals surface area contributed by atoms with Crippen molar-refractivity contribution >= 4 is 11.3 Å². The molecule has 1 aliphatic rings. The molecule has 2 rings (SSSR count). The highest BCUT2D eigenvalue weighted by Crippen LogP contribution is 2.47. The smallest absolute Gasteiger partial charge is 0.113 e. The second kappa shape index (κ2) is 6.15. The van der Waals surface area contributed by atoms with Crippen LogP contribution in [0.5, 0.6) is 0 Å². The van der Waals surface area contributed by atoms with E-state index >= 15 is 0 Å². The highest BCUT2D eigenvalue weighted by Gasteiger charge is 2.43. The Hall–Kier alpha value is -0.410. The van der Waals surface area contributed by atoms with E-state index in [0.29, 0.717) is 5.41 Å². The minimum absolute atomic E-state index is 0.126. The highest BCUT2D eigenvalue weighted by molar-refractivity contribution is 7.11. The van der Waals surface area contributed by atoms with E-state index in [1.54, 1.807) is 0 Å². The first kappa shape index (κ1) is 16.0. The molecule has 2 nitrogen and oxygen atoms in total. The van der Waals surface area contributed by atoms with Crippen molar-refractivity contribution in [3.05, 3.63) is 15.6 Å². The largest absolute Gasteiger partial charge is 0.305 e. The molecule has 0 radical (unpaired) electrons. The van der Waals surface area contributed by atoms with E-state index < -0.39 is 0 Å². The van der Waals surface area contributed by atoms with Gasteiger partial charge in [-0.1, -0.05) is 34.1 Å². The third kappa shape index (κ3) is 3.25. The lowest BCUT2D eigenvalue weighted by atomic mass is 9.68. The van der Waals surface area contributed by atoms with Crippen molar-refractivity contribution in [2.45, 2.75) is 78.7 Å². The summed E-state index contributed by atoms with van der Waals surface area (Å²) in [4.78, 5) is 6.40. The molecule has 1 saturated carbocycles. The molecule has 1 heterocycles. The summed E-state index contributed by atoms with van der Waals surface area (Å²) >= 11 is 1.92. The molecular formula is C17H30N2S. The quantitative estimate of drug-likeness (QED) is 0.843. The van der Waals surface area contributed by atoms with Crippen molar-refractivity contribution in [2.24, 2.45) is 5.41 Å². The Morgan fingerprint density at radius 1 is 1.25 bits per heavy atom. The summed E-state index contributed by atoms with van der Waals surface area (Å²) in [6.45, 7) is 12.6. The Labute approximate surface area is 128 Å². The molecule has 1 fully saturated rings. The summed E-state index contributed by atoms with van der Waals surface area (Å²) < 4.78 is 0. The molecule has 0 aromatic carbocycles. The number of hydrogen-bond donors (Lipinski definition) is 1. The zero-order chi connectivity index (χ0) is 14.8. The van der Waals surface area contributed by atoms with Crippen molar-refractivity contribution < 1.29 is 0 Å². The molecule has 0 aliphatic heterocycles. The SMILES string of the molecule is CCCNC1(c2nc(CC)c(C)s2)CCCC(C)(C)C1. The van der Waals surface area contributed by atoms with Crippen molar-refractivity contribution in [1.82, 2.24) is 10.3 Å². The van der Waals surface area contributed by atoms with Crippen molar-refractivity contribution in [3.63, 3.8) is 0 Å². The number of hydrogen-bond acceptors (Lipinski definition) is 3. The fourth-order valence-electron chi connectivity index (χ4n) is 3.60. The normalized spacial score (nSPS) is 25.9. The van der Waals surface area contributed by atoms with Crippen molar-refractivity contribution in [3.8, 4) is 0 Å². The van der Waals surface area contributed by atoms with E-state index in [0.717, 1.165) is 13.0 Å². The fourth-order valence-corrected chi connectivity index (χ4v) is 4.79. The van der Waals surface area contributed by atoms with Crippen LogP contribution in [0.1, 0.15) is 75.4 Å². The van der Waals surface area contributed by atoms with Crippen LogP contribution < -0.4 is 5.32 Å². The van der Waals surface area contributed by atoms with Crippen LogP contribution in [-0.2, 0) is 12.0 Å². The van der Waals surface area contributed by atoms with Gasteiger partial charge >= 0.3 is 0 Å². The number of rotatable bonds is 5. The third-order valence-electron chi connectivity index (χ3n) is 4.59. The van der Waals surface area contributed by atoms with Gasteiger partial charge in [-0.3, -0.25) is 0 Å². The summed E-state index contributed by atoms with van der Waals surface area (Å²) in [5.74, 6) is 0. The van der Waals surface area contributed by atoms with Gasteiger partial charge in [0, 0.05) is 4.88 Å². The molecule has 0 amide bonds. The molecule has 1 aliphatic carbocycles. The number of nitrogens with zero attached hydrogens (tertiary/aromatic N) is 1. The number of nitrogens with one attached hydrogen (secondary N) is 1. The maximum Gasteiger partial charge on any atom is 0.113 e. The van der Waals surface area contributed by atoms with Gasteiger partial charge < -0.3 is 5.32 Å². The predicted octanol–water partition coefficient (Wildman–Crippen LogP) is 4.81. The van der Waals surface area contributed by atoms with Crippen LogP contribution >= 0.6 is 11.3 Å². The first-order valence-electron chi connectivity index (χ1n) is 8.14. The molecule has 0 spiro atoms. The molecule has 114 valence electrons. The van der Waals surface area contributed by atoms with E-state index in [2.05, 4.69) is 39.9 Å². The van der Waals surface area contributed by atoms with Gasteiger partial charge in [0.15, 0.2) is 0 Å². The van der Waals surface area contributed by atoms with Crippen LogP contribution in [0.4, 0.5) is 0 Å². The first-order chi connectivity index (χ1) is 9.42. The minimum Gasteiger partial charge on any atom is -0.305 e. The number of aromatic nitrogens is 1. The molecule has 3 heteroatoms. The van der Waals surface area contributed by atoms with Crippen LogP contribution in [0, 0.1) is 12.3 Å². The standard InChI is InChI=1S/C17H30N2S/c1-6-11-18-17(10-8-9-16(4,5)12-17)15-19-14(7-2)13(3)20-15/h18H,6-12H2,1-5H3. The maximum absolute atomic E-state index is 5.00. The van der Waals surface area contributed by atoms with Gasteiger partial charge in [-0.25, -0.2) is 4.98 Å². The third-order valence-corrected chi connectivity index (χ3v) is 5.80. The maximum atomic E-state index is 5.00. The van der Waals surface area contributed by atoms with Gasteiger partial charge in [0.05, 0.1) is 11.2 Å². The lowest BCUT2D eigenvalue weighted by molar-refractivity contribution is 0.118. The molecule has 1 unspecified atom stereocenters. The topological polar surface area (TPSA) is 24.9 Å². The Kier molecular flexibility index (Phi) is 4.91. The zero-order valence-corrected chi connectivity index (χ0v) is 14.6. The zero-order valence-electron chi connectivity index (χ0n) is 13.8. The summed E-state index contributed by atoms with van der Waals surface area (Å²) in [7, 11) is 0. The van der Waals surface area contributed by atoms with Gasteiger partial charge in [-0.2, -0.15) is 0 Å². The van der Waals surface area contributed by atoms with E-state index in [9.17, 15) is 0 Å². The Balaban J connectivity index is 2.35. The lowest BCUT2D eigenvalue weighted by Gasteiger charge is -2.44. The van der Waals surface area contributed by atoms with Crippen molar-refractivity contribution in [1.29, 1.82) is 0 Å². The Morgan fingerprint density at radius 3 is 2.55 bits per heavy atom. The minimum atomic E-state index is 0.126. The van der Waals surface area contributed by atoms with Crippen LogP contribution in [0.25, 0.3) is 0 Å². The van der Waals surface area contributed by atoms with E-state index in [-0.39, 0.29) is 5.54 Å². The summed E-state index contributed by atoms with van der Waals surface area (Å²) in [6.07, 6.45) is 7.35. The molecule has 1 N–H and O–H groups in total. The van der Waals surface area contributed by atoms with E-state index in [1.807, 2.05) is 11.3 Å². The Bertz CT molecular complexity index is 450. The number of aryl methyl sites for hydroxylation is 2. The average molecular weight is 295 g/mol. The predicted molar refractivity (Wildman–Crippen MR) is 88.4 cm³/mol. The second-order valence-corrected chi connectivity index (χ2v) is 8.28. The molecule has 1 aromatic rings. The average Bonchev–Trinajstić information content (AvgIpc) is 2.77. The van der Waals surface area contributed by atoms with Crippen LogP contribution in [0.2, 0.25) is 0 Å². The molecule has 0 saturated heterocycles. The summed E-state index contributed by atoms with van der Waals surface area (Å²) in [5, 5.41) is 5.21. The molecule has 20 heavy (non-hydrogen) atoms. The lowest BCUT2D eigenvalue weighted by Crippen LogP contribution is -2.48. The van der Waals surface area contributed by atoms with Gasteiger partial charge in [0.2, 0.25) is 0 Å². The molecule has 0 bridgehead atoms. The van der Waals surface area contributed by atoms with Gasteiger partial charge in [0.1, 0.15) is 5.01 Å². The monoisotopic (exact) mass is 294 g/mol. The van der Waals surface area contributed by atoms with Gasteiger partial charge in [-0.15, -0.1) is 11.3 Å². The Morgan fingerprint density at radius 2 is 2.00 bits per heavy atom. The summed E-state index contributed by atoms with van der Waals surface area (Å²) in [6, 6.07) is 0. The van der Waals surface area contributed by atoms with Crippen LogP contribution in [0.15, 0.2) is 0 Å². The second-order valence-electron chi connectivity index (χ2n) is 7.08. The van der Waals surface area contributed by atoms with E-state index in [4.69, 9.17) is 4.98 Å². The van der Waals surface area contributed by atoms with Gasteiger partial charge in [0.25, 0.3) is 0 Å². The molecule has 1 aromatic heterocycles. The van der Waals surface area contributed by atoms with Crippen LogP contribution in [-0.4, -0.2) is 11.5 Å². The highest BCUT2D eigenvalue weighted by atomic mass is 32.1. The fraction of sp³-hybridized carbons (Fsp3) is 0.824. The van der Waals surface area contributed by atoms with Crippen LogP contribution in [0.3, 0.4) is 0 Å². The van der Waals surface area contributed by atoms with E-state index in [1.165, 1.54) is 47.7 Å². The molecule has 1 atom stereocenters. The van der Waals surface area contributed by atoms with Gasteiger partial charge in [-0.05, 0) is 51.0 Å². The first-order valence-corrected chi connectivity index (χ1v) is 8.96. The molecular weight excluding hydrogens is 264 g/mol. The summed E-state index contributed by atoms with van der Waals surface area (Å²) in [5.41, 5.74) is 1.84. The van der Waals surface area contributed by atoms with Crippen molar-refractivity contribution in [2.75, 3.05) is 6.54 Å².